The van der Waals surface area contributed by atoms with Crippen molar-refractivity contribution in [3.63, 3.8) is 0 Å². The van der Waals surface area contributed by atoms with E-state index in [1.807, 2.05) is 66.7 Å². The molecule has 0 saturated carbocycles. The molecule has 0 radical (unpaired) electrons. The summed E-state index contributed by atoms with van der Waals surface area (Å²) in [5, 5.41) is 2.74. The molecule has 0 fully saturated rings. The summed E-state index contributed by atoms with van der Waals surface area (Å²) < 4.78 is 16.5. The van der Waals surface area contributed by atoms with Crippen LogP contribution in [0.3, 0.4) is 0 Å². The Hall–Kier alpha value is -4.24. The third-order valence-electron chi connectivity index (χ3n) is 5.39. The Morgan fingerprint density at radius 2 is 1.82 bits per heavy atom. The van der Waals surface area contributed by atoms with Gasteiger partial charge in [-0.15, -0.1) is 0 Å². The number of methoxy groups -OCH3 is 1. The van der Waals surface area contributed by atoms with Crippen molar-refractivity contribution >= 4 is 17.6 Å². The van der Waals surface area contributed by atoms with Crippen LogP contribution >= 0.6 is 0 Å². The van der Waals surface area contributed by atoms with Gasteiger partial charge in [-0.1, -0.05) is 30.0 Å². The maximum absolute atomic E-state index is 11.6. The standard InChI is InChI=1S/C28H25NO5/c1-19(30)29-24-10-8-20(9-11-24)6-7-21-4-3-5-22(14-21)17-33-25-12-13-26-23(15-28(31)32-2)18-34-27(26)16-25/h3-5,8-14,16,23H,15,17-18H2,1-2H3,(H,29,30). The highest BCUT2D eigenvalue weighted by Crippen LogP contribution is 2.38. The molecule has 0 spiro atoms. The number of carbonyl (C=O) groups excluding carboxylic acids is 2. The highest BCUT2D eigenvalue weighted by molar-refractivity contribution is 5.88. The van der Waals surface area contributed by atoms with E-state index in [9.17, 15) is 9.59 Å². The Labute approximate surface area is 198 Å². The zero-order valence-corrected chi connectivity index (χ0v) is 19.1. The summed E-state index contributed by atoms with van der Waals surface area (Å²) in [6.07, 6.45) is 0.303. The molecule has 4 rings (SSSR count). The third kappa shape index (κ3) is 5.96. The van der Waals surface area contributed by atoms with Crippen LogP contribution in [0.1, 0.15) is 41.5 Å². The topological polar surface area (TPSA) is 73.9 Å². The van der Waals surface area contributed by atoms with E-state index in [1.165, 1.54) is 14.0 Å². The monoisotopic (exact) mass is 455 g/mol. The molecule has 6 heteroatoms. The van der Waals surface area contributed by atoms with Gasteiger partial charge < -0.3 is 19.5 Å². The van der Waals surface area contributed by atoms with E-state index in [1.54, 1.807) is 0 Å². The predicted octanol–water partition coefficient (Wildman–Crippen LogP) is 4.66. The first-order valence-corrected chi connectivity index (χ1v) is 10.9. The number of hydrogen-bond donors (Lipinski definition) is 1. The van der Waals surface area contributed by atoms with E-state index >= 15 is 0 Å². The van der Waals surface area contributed by atoms with Crippen molar-refractivity contribution in [1.82, 2.24) is 0 Å². The average molecular weight is 456 g/mol. The molecule has 0 saturated heterocycles. The normalized spacial score (nSPS) is 13.6. The van der Waals surface area contributed by atoms with Gasteiger partial charge in [0, 0.05) is 41.3 Å². The molecule has 172 valence electrons. The van der Waals surface area contributed by atoms with Crippen LogP contribution in [0.4, 0.5) is 5.69 Å². The molecule has 3 aromatic carbocycles. The highest BCUT2D eigenvalue weighted by atomic mass is 16.5. The Morgan fingerprint density at radius 3 is 2.59 bits per heavy atom. The number of anilines is 1. The number of fused-ring (bicyclic) bond motifs is 1. The van der Waals surface area contributed by atoms with Gasteiger partial charge >= 0.3 is 5.97 Å². The summed E-state index contributed by atoms with van der Waals surface area (Å²) >= 11 is 0. The summed E-state index contributed by atoms with van der Waals surface area (Å²) in [5.41, 5.74) is 4.49. The summed E-state index contributed by atoms with van der Waals surface area (Å²) in [7, 11) is 1.39. The fraction of sp³-hybridized carbons (Fsp3) is 0.214. The molecular formula is C28H25NO5. The summed E-state index contributed by atoms with van der Waals surface area (Å²) in [5.74, 6) is 7.42. The first kappa shape index (κ1) is 22.9. The highest BCUT2D eigenvalue weighted by Gasteiger charge is 2.27. The van der Waals surface area contributed by atoms with Gasteiger partial charge in [-0.25, -0.2) is 0 Å². The van der Waals surface area contributed by atoms with Crippen LogP contribution in [0.2, 0.25) is 0 Å². The molecule has 1 amide bonds. The number of hydrogen-bond acceptors (Lipinski definition) is 5. The molecule has 1 aliphatic heterocycles. The first-order valence-electron chi connectivity index (χ1n) is 10.9. The van der Waals surface area contributed by atoms with E-state index in [0.717, 1.165) is 33.7 Å². The molecule has 1 heterocycles. The third-order valence-corrected chi connectivity index (χ3v) is 5.39. The van der Waals surface area contributed by atoms with Crippen LogP contribution in [0, 0.1) is 11.8 Å². The second-order valence-corrected chi connectivity index (χ2v) is 7.99. The van der Waals surface area contributed by atoms with Crippen LogP contribution in [0.25, 0.3) is 0 Å². The van der Waals surface area contributed by atoms with Crippen molar-refractivity contribution in [3.8, 4) is 23.3 Å². The minimum absolute atomic E-state index is 0.00774. The SMILES string of the molecule is COC(=O)CC1COc2cc(OCc3cccc(C#Cc4ccc(NC(C)=O)cc4)c3)ccc21. The molecule has 1 unspecified atom stereocenters. The van der Waals surface area contributed by atoms with Crippen LogP contribution < -0.4 is 14.8 Å². The van der Waals surface area contributed by atoms with Crippen LogP contribution in [0.5, 0.6) is 11.5 Å². The largest absolute Gasteiger partial charge is 0.492 e. The quantitative estimate of drug-likeness (QED) is 0.432. The summed E-state index contributed by atoms with van der Waals surface area (Å²) in [4.78, 5) is 22.7. The lowest BCUT2D eigenvalue weighted by Gasteiger charge is -2.09. The first-order chi connectivity index (χ1) is 16.5. The lowest BCUT2D eigenvalue weighted by Crippen LogP contribution is -2.09. The van der Waals surface area contributed by atoms with Crippen molar-refractivity contribution in [2.45, 2.75) is 25.9 Å². The van der Waals surface area contributed by atoms with Gasteiger partial charge in [-0.3, -0.25) is 9.59 Å². The van der Waals surface area contributed by atoms with Gasteiger partial charge in [0.1, 0.15) is 18.1 Å². The van der Waals surface area contributed by atoms with Crippen LogP contribution in [-0.2, 0) is 20.9 Å². The summed E-state index contributed by atoms with van der Waals surface area (Å²) in [6.45, 7) is 2.33. The number of carbonyl (C=O) groups is 2. The molecule has 0 bridgehead atoms. The van der Waals surface area contributed by atoms with E-state index < -0.39 is 0 Å². The minimum Gasteiger partial charge on any atom is -0.492 e. The molecular weight excluding hydrogens is 430 g/mol. The molecule has 6 nitrogen and oxygen atoms in total. The van der Waals surface area contributed by atoms with E-state index in [2.05, 4.69) is 17.2 Å². The fourth-order valence-corrected chi connectivity index (χ4v) is 3.69. The zero-order chi connectivity index (χ0) is 23.9. The Balaban J connectivity index is 1.37. The molecule has 34 heavy (non-hydrogen) atoms. The van der Waals surface area contributed by atoms with E-state index in [-0.39, 0.29) is 17.8 Å². The number of nitrogens with one attached hydrogen (secondary N) is 1. The lowest BCUT2D eigenvalue weighted by atomic mass is 9.98. The molecule has 1 N–H and O–H groups in total. The van der Waals surface area contributed by atoms with Crippen molar-refractivity contribution in [1.29, 1.82) is 0 Å². The number of esters is 1. The number of rotatable bonds is 6. The van der Waals surface area contributed by atoms with Gasteiger partial charge in [-0.2, -0.15) is 0 Å². The Kier molecular flexibility index (Phi) is 7.14. The molecule has 3 aromatic rings. The van der Waals surface area contributed by atoms with Gasteiger partial charge in [-0.05, 0) is 48.0 Å². The molecule has 1 atom stereocenters. The Morgan fingerprint density at radius 1 is 1.03 bits per heavy atom. The zero-order valence-electron chi connectivity index (χ0n) is 19.1. The maximum atomic E-state index is 11.6. The number of benzene rings is 3. The maximum Gasteiger partial charge on any atom is 0.306 e. The van der Waals surface area contributed by atoms with Crippen LogP contribution in [0.15, 0.2) is 66.7 Å². The second kappa shape index (κ2) is 10.6. The number of ether oxygens (including phenoxy) is 3. The smallest absolute Gasteiger partial charge is 0.306 e. The van der Waals surface area contributed by atoms with E-state index in [4.69, 9.17) is 14.2 Å². The molecule has 0 aromatic heterocycles. The molecule has 0 aliphatic carbocycles. The average Bonchev–Trinajstić information content (AvgIpc) is 3.24. The fourth-order valence-electron chi connectivity index (χ4n) is 3.69. The lowest BCUT2D eigenvalue weighted by molar-refractivity contribution is -0.141. The van der Waals surface area contributed by atoms with Gasteiger partial charge in [0.15, 0.2) is 0 Å². The van der Waals surface area contributed by atoms with E-state index in [0.29, 0.717) is 25.4 Å². The molecule has 1 aliphatic rings. The van der Waals surface area contributed by atoms with Gasteiger partial charge in [0.2, 0.25) is 5.91 Å². The number of amides is 1. The van der Waals surface area contributed by atoms with Gasteiger partial charge in [0.05, 0.1) is 20.1 Å². The van der Waals surface area contributed by atoms with Gasteiger partial charge in [0.25, 0.3) is 0 Å². The minimum atomic E-state index is -0.244. The van der Waals surface area contributed by atoms with Crippen molar-refractivity contribution in [2.24, 2.45) is 0 Å². The van der Waals surface area contributed by atoms with Crippen molar-refractivity contribution in [3.05, 3.63) is 89.0 Å². The summed E-state index contributed by atoms with van der Waals surface area (Å²) in [6, 6.07) is 21.0. The predicted molar refractivity (Wildman–Crippen MR) is 129 cm³/mol. The van der Waals surface area contributed by atoms with Crippen LogP contribution in [-0.4, -0.2) is 25.6 Å². The Bertz CT molecular complexity index is 1250. The van der Waals surface area contributed by atoms with Crippen molar-refractivity contribution in [2.75, 3.05) is 19.0 Å². The second-order valence-electron chi connectivity index (χ2n) is 7.99. The van der Waals surface area contributed by atoms with Crippen molar-refractivity contribution < 1.29 is 23.8 Å².